The van der Waals surface area contributed by atoms with E-state index in [0.717, 1.165) is 19.6 Å². The maximum absolute atomic E-state index is 9.43. The van der Waals surface area contributed by atoms with Crippen molar-refractivity contribution in [1.82, 2.24) is 5.32 Å². The van der Waals surface area contributed by atoms with Crippen LogP contribution in [0.3, 0.4) is 0 Å². The number of hydrogen-bond acceptors (Lipinski definition) is 3. The molecule has 0 spiro atoms. The average molecular weight is 266 g/mol. The smallest absolute Gasteiger partial charge is 0.133 e. The standard InChI is InChI=1S/C16H30N2O/c1-3-5-6-7-8-9-12-19-14-16(13-17,18-4-2)15-10-11-15/h15,18H,3-12,14H2,1-2H3. The molecule has 0 bridgehead atoms. The number of ether oxygens (including phenoxy) is 1. The monoisotopic (exact) mass is 266 g/mol. The maximum Gasteiger partial charge on any atom is 0.133 e. The van der Waals surface area contributed by atoms with Crippen molar-refractivity contribution in [3.05, 3.63) is 0 Å². The van der Waals surface area contributed by atoms with Crippen LogP contribution in [-0.4, -0.2) is 25.3 Å². The third-order valence-corrected chi connectivity index (χ3v) is 3.94. The third-order valence-electron chi connectivity index (χ3n) is 3.94. The van der Waals surface area contributed by atoms with E-state index < -0.39 is 5.54 Å². The average Bonchev–Trinajstić information content (AvgIpc) is 3.25. The molecule has 1 aliphatic rings. The van der Waals surface area contributed by atoms with E-state index in [1.54, 1.807) is 0 Å². The Morgan fingerprint density at radius 3 is 2.42 bits per heavy atom. The lowest BCUT2D eigenvalue weighted by Gasteiger charge is -2.27. The predicted octanol–water partition coefficient (Wildman–Crippen LogP) is 3.65. The van der Waals surface area contributed by atoms with Gasteiger partial charge in [0.1, 0.15) is 5.54 Å². The molecule has 0 aliphatic heterocycles. The van der Waals surface area contributed by atoms with Gasteiger partial charge in [-0.15, -0.1) is 0 Å². The summed E-state index contributed by atoms with van der Waals surface area (Å²) in [7, 11) is 0. The summed E-state index contributed by atoms with van der Waals surface area (Å²) in [5.74, 6) is 0.502. The van der Waals surface area contributed by atoms with Crippen LogP contribution in [0.25, 0.3) is 0 Å². The summed E-state index contributed by atoms with van der Waals surface area (Å²) < 4.78 is 5.77. The van der Waals surface area contributed by atoms with E-state index in [1.165, 1.54) is 44.9 Å². The van der Waals surface area contributed by atoms with E-state index in [2.05, 4.69) is 25.2 Å². The lowest BCUT2D eigenvalue weighted by molar-refractivity contribution is 0.0787. The first-order valence-electron chi connectivity index (χ1n) is 8.03. The van der Waals surface area contributed by atoms with Crippen molar-refractivity contribution < 1.29 is 4.74 Å². The Bertz CT molecular complexity index is 270. The summed E-state index contributed by atoms with van der Waals surface area (Å²) in [5, 5.41) is 12.8. The lowest BCUT2D eigenvalue weighted by atomic mass is 9.96. The maximum atomic E-state index is 9.43. The Morgan fingerprint density at radius 2 is 1.84 bits per heavy atom. The molecular weight excluding hydrogens is 236 g/mol. The third kappa shape index (κ3) is 5.93. The number of nitrogens with zero attached hydrogens (tertiary/aromatic N) is 1. The summed E-state index contributed by atoms with van der Waals surface area (Å²) in [6.07, 6.45) is 10.0. The first-order chi connectivity index (χ1) is 9.29. The Balaban J connectivity index is 2.10. The predicted molar refractivity (Wildman–Crippen MR) is 78.9 cm³/mol. The van der Waals surface area contributed by atoms with E-state index in [-0.39, 0.29) is 0 Å². The van der Waals surface area contributed by atoms with Gasteiger partial charge in [-0.05, 0) is 31.7 Å². The molecule has 1 aliphatic carbocycles. The van der Waals surface area contributed by atoms with Crippen LogP contribution in [0.4, 0.5) is 0 Å². The second-order valence-corrected chi connectivity index (χ2v) is 5.71. The van der Waals surface area contributed by atoms with Crippen molar-refractivity contribution in [3.8, 4) is 6.07 Å². The first-order valence-corrected chi connectivity index (χ1v) is 8.03. The molecule has 0 radical (unpaired) electrons. The van der Waals surface area contributed by atoms with Gasteiger partial charge in [0.2, 0.25) is 0 Å². The largest absolute Gasteiger partial charge is 0.378 e. The van der Waals surface area contributed by atoms with Crippen LogP contribution in [-0.2, 0) is 4.74 Å². The van der Waals surface area contributed by atoms with Crippen LogP contribution in [0.5, 0.6) is 0 Å². The molecule has 0 aromatic carbocycles. The Kier molecular flexibility index (Phi) is 8.09. The van der Waals surface area contributed by atoms with E-state index in [4.69, 9.17) is 4.74 Å². The summed E-state index contributed by atoms with van der Waals surface area (Å²) in [4.78, 5) is 0. The van der Waals surface area contributed by atoms with Crippen molar-refractivity contribution >= 4 is 0 Å². The van der Waals surface area contributed by atoms with Gasteiger partial charge < -0.3 is 4.74 Å². The van der Waals surface area contributed by atoms with Gasteiger partial charge in [0.25, 0.3) is 0 Å². The molecule has 1 rings (SSSR count). The normalized spacial score (nSPS) is 17.9. The SMILES string of the molecule is CCCCCCCCOCC(C#N)(NCC)C1CC1. The molecule has 19 heavy (non-hydrogen) atoms. The van der Waals surface area contributed by atoms with Crippen molar-refractivity contribution in [2.75, 3.05) is 19.8 Å². The molecule has 0 aromatic rings. The minimum Gasteiger partial charge on any atom is -0.378 e. The fraction of sp³-hybridized carbons (Fsp3) is 0.938. The van der Waals surface area contributed by atoms with Crippen LogP contribution in [0.15, 0.2) is 0 Å². The van der Waals surface area contributed by atoms with E-state index in [9.17, 15) is 5.26 Å². The van der Waals surface area contributed by atoms with Crippen molar-refractivity contribution in [2.24, 2.45) is 5.92 Å². The van der Waals surface area contributed by atoms with Crippen molar-refractivity contribution in [2.45, 2.75) is 70.8 Å². The van der Waals surface area contributed by atoms with Gasteiger partial charge in [-0.25, -0.2) is 0 Å². The highest BCUT2D eigenvalue weighted by molar-refractivity contribution is 5.15. The number of nitriles is 1. The second-order valence-electron chi connectivity index (χ2n) is 5.71. The number of nitrogens with one attached hydrogen (secondary N) is 1. The van der Waals surface area contributed by atoms with Crippen LogP contribution >= 0.6 is 0 Å². The molecule has 1 atom stereocenters. The molecule has 1 unspecified atom stereocenters. The molecule has 3 heteroatoms. The van der Waals surface area contributed by atoms with Crippen LogP contribution in [0.1, 0.15) is 65.2 Å². The quantitative estimate of drug-likeness (QED) is 0.548. The number of likely N-dealkylation sites (N-methyl/N-ethyl adjacent to an activating group) is 1. The van der Waals surface area contributed by atoms with Crippen LogP contribution in [0.2, 0.25) is 0 Å². The molecule has 110 valence electrons. The highest BCUT2D eigenvalue weighted by atomic mass is 16.5. The highest BCUT2D eigenvalue weighted by Gasteiger charge is 2.45. The molecule has 0 heterocycles. The fourth-order valence-corrected chi connectivity index (χ4v) is 2.59. The minimum atomic E-state index is -0.420. The van der Waals surface area contributed by atoms with Crippen molar-refractivity contribution in [1.29, 1.82) is 5.26 Å². The zero-order valence-electron chi connectivity index (χ0n) is 12.7. The number of unbranched alkanes of at least 4 members (excludes halogenated alkanes) is 5. The zero-order valence-corrected chi connectivity index (χ0v) is 12.7. The van der Waals surface area contributed by atoms with Crippen LogP contribution in [0, 0.1) is 17.2 Å². The Labute approximate surface area is 118 Å². The van der Waals surface area contributed by atoms with Crippen LogP contribution < -0.4 is 5.32 Å². The molecule has 1 saturated carbocycles. The summed E-state index contributed by atoms with van der Waals surface area (Å²) in [6, 6.07) is 2.46. The summed E-state index contributed by atoms with van der Waals surface area (Å²) in [6.45, 7) is 6.49. The van der Waals surface area contributed by atoms with E-state index in [0.29, 0.717) is 12.5 Å². The van der Waals surface area contributed by atoms with E-state index in [1.807, 2.05) is 0 Å². The number of hydrogen-bond donors (Lipinski definition) is 1. The number of rotatable bonds is 12. The van der Waals surface area contributed by atoms with Gasteiger partial charge in [-0.3, -0.25) is 5.32 Å². The first kappa shape index (κ1) is 16.5. The van der Waals surface area contributed by atoms with Gasteiger partial charge >= 0.3 is 0 Å². The van der Waals surface area contributed by atoms with Gasteiger partial charge in [0.15, 0.2) is 0 Å². The van der Waals surface area contributed by atoms with Gasteiger partial charge in [-0.2, -0.15) is 5.26 Å². The zero-order chi connectivity index (χ0) is 14.0. The Hall–Kier alpha value is -0.590. The second kappa shape index (κ2) is 9.34. The lowest BCUT2D eigenvalue weighted by Crippen LogP contribution is -2.50. The Morgan fingerprint density at radius 1 is 1.16 bits per heavy atom. The minimum absolute atomic E-state index is 0.420. The van der Waals surface area contributed by atoms with Gasteiger partial charge in [-0.1, -0.05) is 46.0 Å². The molecular formula is C16H30N2O. The topological polar surface area (TPSA) is 45.0 Å². The summed E-state index contributed by atoms with van der Waals surface area (Å²) in [5.41, 5.74) is -0.420. The molecule has 0 amide bonds. The molecule has 0 aromatic heterocycles. The van der Waals surface area contributed by atoms with Gasteiger partial charge in [0, 0.05) is 6.61 Å². The summed E-state index contributed by atoms with van der Waals surface area (Å²) >= 11 is 0. The van der Waals surface area contributed by atoms with Crippen molar-refractivity contribution in [3.63, 3.8) is 0 Å². The van der Waals surface area contributed by atoms with E-state index >= 15 is 0 Å². The van der Waals surface area contributed by atoms with Gasteiger partial charge in [0.05, 0.1) is 12.7 Å². The molecule has 1 fully saturated rings. The fourth-order valence-electron chi connectivity index (χ4n) is 2.59. The molecule has 3 nitrogen and oxygen atoms in total. The molecule has 0 saturated heterocycles. The highest BCUT2D eigenvalue weighted by Crippen LogP contribution is 2.39. The molecule has 1 N–H and O–H groups in total.